The third kappa shape index (κ3) is 4.76. The summed E-state index contributed by atoms with van der Waals surface area (Å²) < 4.78 is 22.1. The van der Waals surface area contributed by atoms with Crippen molar-refractivity contribution >= 4 is 22.7 Å². The lowest BCUT2D eigenvalue weighted by Crippen LogP contribution is -2.21. The molecule has 0 spiro atoms. The van der Waals surface area contributed by atoms with Crippen molar-refractivity contribution in [2.75, 3.05) is 13.2 Å². The van der Waals surface area contributed by atoms with Crippen LogP contribution in [0.4, 0.5) is 0 Å². The normalized spacial score (nSPS) is 11.0. The zero-order chi connectivity index (χ0) is 17.4. The van der Waals surface area contributed by atoms with Crippen LogP contribution in [0.3, 0.4) is 0 Å². The maximum Gasteiger partial charge on any atom is 0.347 e. The van der Waals surface area contributed by atoms with E-state index in [1.165, 1.54) is 0 Å². The number of hydrogen-bond donors (Lipinski definition) is 0. The summed E-state index contributed by atoms with van der Waals surface area (Å²) in [5.74, 6) is -2.05. The van der Waals surface area contributed by atoms with Crippen LogP contribution in [0.15, 0.2) is 39.6 Å². The third-order valence-corrected chi connectivity index (χ3v) is 4.07. The van der Waals surface area contributed by atoms with Crippen LogP contribution in [0.2, 0.25) is 0 Å². The van der Waals surface area contributed by atoms with Gasteiger partial charge in [0.25, 0.3) is 0 Å². The molecule has 1 aromatic carbocycles. The molecule has 0 radical (unpaired) electrons. The lowest BCUT2D eigenvalue weighted by Gasteiger charge is -2.09. The predicted molar refractivity (Wildman–Crippen MR) is 83.5 cm³/mol. The number of nitriles is 1. The first-order valence-corrected chi connectivity index (χ1v) is 8.08. The Morgan fingerprint density at radius 2 is 1.57 bits per heavy atom. The van der Waals surface area contributed by atoms with Gasteiger partial charge in [0.05, 0.1) is 24.0 Å². The van der Waals surface area contributed by atoms with Crippen molar-refractivity contribution in [2.24, 2.45) is 0 Å². The Kier molecular flexibility index (Phi) is 7.16. The molecule has 0 bridgehead atoms. The summed E-state index contributed by atoms with van der Waals surface area (Å²) in [7, 11) is -1.99. The number of nitrogens with zero attached hydrogens (tertiary/aromatic N) is 1. The molecule has 0 fully saturated rings. The van der Waals surface area contributed by atoms with Gasteiger partial charge >= 0.3 is 11.9 Å². The van der Waals surface area contributed by atoms with Gasteiger partial charge in [0, 0.05) is 4.90 Å². The Hall–Kier alpha value is -2.46. The van der Waals surface area contributed by atoms with Crippen molar-refractivity contribution in [3.63, 3.8) is 0 Å². The summed E-state index contributed by atoms with van der Waals surface area (Å²) in [4.78, 5) is 23.8. The Bertz CT molecular complexity index is 665. The van der Waals surface area contributed by atoms with Gasteiger partial charge in [-0.3, -0.25) is 0 Å². The zero-order valence-corrected chi connectivity index (χ0v) is 13.9. The Labute approximate surface area is 137 Å². The first kappa shape index (κ1) is 18.6. The van der Waals surface area contributed by atoms with Gasteiger partial charge in [-0.2, -0.15) is 5.26 Å². The first-order chi connectivity index (χ1) is 11.0. The minimum Gasteiger partial charge on any atom is -0.462 e. The van der Waals surface area contributed by atoms with Crippen LogP contribution in [0.25, 0.3) is 0 Å². The van der Waals surface area contributed by atoms with Crippen molar-refractivity contribution in [1.29, 1.82) is 5.26 Å². The fraction of sp³-hybridized carbons (Fsp3) is 0.312. The van der Waals surface area contributed by atoms with Crippen LogP contribution in [0, 0.1) is 18.3 Å². The summed E-state index contributed by atoms with van der Waals surface area (Å²) in [5, 5.41) is 9.30. The molecule has 1 atom stereocenters. The largest absolute Gasteiger partial charge is 0.462 e. The summed E-state index contributed by atoms with van der Waals surface area (Å²) >= 11 is 0. The van der Waals surface area contributed by atoms with E-state index in [4.69, 9.17) is 9.47 Å². The van der Waals surface area contributed by atoms with E-state index in [0.29, 0.717) is 4.90 Å². The van der Waals surface area contributed by atoms with Crippen LogP contribution < -0.4 is 0 Å². The molecule has 0 aliphatic carbocycles. The lowest BCUT2D eigenvalue weighted by molar-refractivity contribution is -0.146. The lowest BCUT2D eigenvalue weighted by atomic mass is 10.2. The number of benzene rings is 1. The van der Waals surface area contributed by atoms with Gasteiger partial charge < -0.3 is 9.47 Å². The number of aryl methyl sites for hydroxylation is 1. The number of carbonyl (C=O) groups is 2. The van der Waals surface area contributed by atoms with Gasteiger partial charge in [-0.05, 0) is 32.9 Å². The van der Waals surface area contributed by atoms with E-state index in [1.54, 1.807) is 44.2 Å². The number of esters is 2. The average molecular weight is 335 g/mol. The third-order valence-electron chi connectivity index (χ3n) is 2.71. The van der Waals surface area contributed by atoms with Crippen molar-refractivity contribution in [3.05, 3.63) is 40.3 Å². The monoisotopic (exact) mass is 335 g/mol. The molecule has 0 N–H and O–H groups in total. The topological polar surface area (TPSA) is 93.5 Å². The quantitative estimate of drug-likeness (QED) is 0.259. The van der Waals surface area contributed by atoms with E-state index in [-0.39, 0.29) is 13.2 Å². The number of allylic oxidation sites excluding steroid dienone is 1. The molecule has 0 aliphatic rings. The van der Waals surface area contributed by atoms with E-state index < -0.39 is 33.2 Å². The highest BCUT2D eigenvalue weighted by atomic mass is 32.2. The fourth-order valence-corrected chi connectivity index (χ4v) is 2.70. The summed E-state index contributed by atoms with van der Waals surface area (Å²) in [6, 6.07) is 8.24. The molecule has 0 saturated heterocycles. The van der Waals surface area contributed by atoms with Gasteiger partial charge in [-0.25, -0.2) is 13.8 Å². The van der Waals surface area contributed by atoms with Crippen LogP contribution in [-0.2, 0) is 29.9 Å². The van der Waals surface area contributed by atoms with Gasteiger partial charge in [0.1, 0.15) is 11.0 Å². The van der Waals surface area contributed by atoms with E-state index in [2.05, 4.69) is 0 Å². The van der Waals surface area contributed by atoms with Crippen LogP contribution in [0.5, 0.6) is 0 Å². The second kappa shape index (κ2) is 8.86. The Balaban J connectivity index is 3.40. The molecule has 0 aromatic heterocycles. The molecule has 1 rings (SSSR count). The number of hydrogen-bond acceptors (Lipinski definition) is 6. The van der Waals surface area contributed by atoms with E-state index >= 15 is 0 Å². The molecule has 0 amide bonds. The molecule has 1 aromatic rings. The SMILES string of the molecule is CCOC(=O)C(C(=O)OCC)=C(C#N)S(=O)c1ccc(C)cc1. The predicted octanol–water partition coefficient (Wildman–Crippen LogP) is 2.01. The Morgan fingerprint density at radius 3 is 1.96 bits per heavy atom. The van der Waals surface area contributed by atoms with Crippen LogP contribution in [-0.4, -0.2) is 29.4 Å². The van der Waals surface area contributed by atoms with Crippen molar-refractivity contribution in [1.82, 2.24) is 0 Å². The van der Waals surface area contributed by atoms with Crippen molar-refractivity contribution in [2.45, 2.75) is 25.7 Å². The smallest absolute Gasteiger partial charge is 0.347 e. The first-order valence-electron chi connectivity index (χ1n) is 6.93. The fourth-order valence-electron chi connectivity index (χ4n) is 1.65. The second-order valence-corrected chi connectivity index (χ2v) is 5.76. The summed E-state index contributed by atoms with van der Waals surface area (Å²) in [5.41, 5.74) is 0.319. The summed E-state index contributed by atoms with van der Waals surface area (Å²) in [6.45, 7) is 5.00. The van der Waals surface area contributed by atoms with E-state index in [0.717, 1.165) is 5.56 Å². The van der Waals surface area contributed by atoms with E-state index in [1.807, 2.05) is 6.92 Å². The van der Waals surface area contributed by atoms with Gasteiger partial charge in [0.2, 0.25) is 0 Å². The van der Waals surface area contributed by atoms with E-state index in [9.17, 15) is 19.1 Å². The van der Waals surface area contributed by atoms with Crippen LogP contribution >= 0.6 is 0 Å². The highest BCUT2D eigenvalue weighted by Gasteiger charge is 2.29. The zero-order valence-electron chi connectivity index (χ0n) is 13.1. The highest BCUT2D eigenvalue weighted by Crippen LogP contribution is 2.20. The maximum atomic E-state index is 12.6. The van der Waals surface area contributed by atoms with Crippen molar-refractivity contribution < 1.29 is 23.3 Å². The molecule has 0 aliphatic heterocycles. The molecule has 0 heterocycles. The number of carbonyl (C=O) groups excluding carboxylic acids is 2. The molecule has 7 heteroatoms. The standard InChI is InChI=1S/C16H17NO5S/c1-4-21-15(18)14(16(19)22-5-2)13(10-17)23(20)12-8-6-11(3)7-9-12/h6-9H,4-5H2,1-3H3. The molecular weight excluding hydrogens is 318 g/mol. The highest BCUT2D eigenvalue weighted by molar-refractivity contribution is 7.89. The molecule has 23 heavy (non-hydrogen) atoms. The van der Waals surface area contributed by atoms with Gasteiger partial charge in [0.15, 0.2) is 5.57 Å². The van der Waals surface area contributed by atoms with Gasteiger partial charge in [-0.1, -0.05) is 17.7 Å². The maximum absolute atomic E-state index is 12.6. The minimum atomic E-state index is -1.99. The van der Waals surface area contributed by atoms with Crippen molar-refractivity contribution in [3.8, 4) is 6.07 Å². The van der Waals surface area contributed by atoms with Crippen LogP contribution in [0.1, 0.15) is 19.4 Å². The average Bonchev–Trinajstić information content (AvgIpc) is 2.52. The summed E-state index contributed by atoms with van der Waals surface area (Å²) in [6.07, 6.45) is 0. The molecular formula is C16H17NO5S. The van der Waals surface area contributed by atoms with Gasteiger partial charge in [-0.15, -0.1) is 0 Å². The Morgan fingerprint density at radius 1 is 1.09 bits per heavy atom. The second-order valence-electron chi connectivity index (χ2n) is 4.34. The molecule has 0 saturated carbocycles. The number of rotatable bonds is 6. The minimum absolute atomic E-state index is 0.0115. The molecule has 6 nitrogen and oxygen atoms in total. The molecule has 122 valence electrons. The molecule has 1 unspecified atom stereocenters. The number of ether oxygens (including phenoxy) is 2.